The molecule has 4 nitrogen and oxygen atoms in total. The number of nitrogens with two attached hydrogens (primary N) is 1. The molecule has 1 aromatic rings. The number of aromatic nitrogens is 2. The maximum absolute atomic E-state index is 6.13. The van der Waals surface area contributed by atoms with Crippen molar-refractivity contribution in [3.05, 3.63) is 22.4 Å². The zero-order valence-electron chi connectivity index (χ0n) is 8.77. The molecule has 2 N–H and O–H groups in total. The van der Waals surface area contributed by atoms with Crippen LogP contribution in [-0.2, 0) is 11.2 Å². The van der Waals surface area contributed by atoms with E-state index in [9.17, 15) is 0 Å². The highest BCUT2D eigenvalue weighted by Gasteiger charge is 2.20. The molecule has 0 bridgehead atoms. The lowest BCUT2D eigenvalue weighted by atomic mass is 10.1. The van der Waals surface area contributed by atoms with E-state index in [1.807, 2.05) is 0 Å². The summed E-state index contributed by atoms with van der Waals surface area (Å²) in [6.07, 6.45) is 5.08. The van der Waals surface area contributed by atoms with Crippen molar-refractivity contribution < 1.29 is 4.74 Å². The van der Waals surface area contributed by atoms with Gasteiger partial charge in [-0.25, -0.2) is 0 Å². The van der Waals surface area contributed by atoms with Crippen LogP contribution in [0.2, 0.25) is 0 Å². The normalized spacial score (nSPS) is 18.1. The van der Waals surface area contributed by atoms with Gasteiger partial charge < -0.3 is 10.5 Å². The minimum atomic E-state index is -0.180. The predicted molar refractivity (Wildman–Crippen MR) is 59.5 cm³/mol. The molecule has 0 spiro atoms. The number of hydrogen-bond acceptors (Lipinski definition) is 5. The summed E-state index contributed by atoms with van der Waals surface area (Å²) < 4.78 is 9.49. The quantitative estimate of drug-likeness (QED) is 0.852. The summed E-state index contributed by atoms with van der Waals surface area (Å²) in [4.78, 5) is 1.03. The second kappa shape index (κ2) is 4.72. The van der Waals surface area contributed by atoms with E-state index in [4.69, 9.17) is 10.5 Å². The van der Waals surface area contributed by atoms with Crippen molar-refractivity contribution in [3.63, 3.8) is 0 Å². The molecule has 1 aliphatic rings. The molecule has 1 unspecified atom stereocenters. The van der Waals surface area contributed by atoms with Crippen LogP contribution >= 0.6 is 11.5 Å². The Bertz CT molecular complexity index is 361. The Balaban J connectivity index is 2.19. The van der Waals surface area contributed by atoms with Crippen molar-refractivity contribution in [3.8, 4) is 0 Å². The van der Waals surface area contributed by atoms with Gasteiger partial charge in [0, 0.05) is 0 Å². The standard InChI is InChI=1S/C10H15N3OS/c1-2-7-10(15-13-12-7)9(11)8-5-3-4-6-14-8/h5,9H,2-4,6,11H2,1H3. The summed E-state index contributed by atoms with van der Waals surface area (Å²) >= 11 is 1.37. The smallest absolute Gasteiger partial charge is 0.114 e. The Labute approximate surface area is 93.3 Å². The molecular weight excluding hydrogens is 210 g/mol. The van der Waals surface area contributed by atoms with Crippen LogP contribution in [0.5, 0.6) is 0 Å². The monoisotopic (exact) mass is 225 g/mol. The van der Waals surface area contributed by atoms with Gasteiger partial charge in [0.25, 0.3) is 0 Å². The lowest BCUT2D eigenvalue weighted by Crippen LogP contribution is -2.18. The summed E-state index contributed by atoms with van der Waals surface area (Å²) in [5.41, 5.74) is 7.12. The first kappa shape index (κ1) is 10.6. The Kier molecular flexibility index (Phi) is 3.33. The number of aryl methyl sites for hydroxylation is 1. The topological polar surface area (TPSA) is 61.0 Å². The second-order valence-electron chi connectivity index (χ2n) is 3.51. The van der Waals surface area contributed by atoms with E-state index in [2.05, 4.69) is 22.6 Å². The van der Waals surface area contributed by atoms with Crippen LogP contribution in [0.4, 0.5) is 0 Å². The van der Waals surface area contributed by atoms with Gasteiger partial charge in [-0.05, 0) is 36.9 Å². The summed E-state index contributed by atoms with van der Waals surface area (Å²) in [5.74, 6) is 0.877. The van der Waals surface area contributed by atoms with Gasteiger partial charge in [0.15, 0.2) is 0 Å². The average molecular weight is 225 g/mol. The highest BCUT2D eigenvalue weighted by atomic mass is 32.1. The van der Waals surface area contributed by atoms with Crippen molar-refractivity contribution in [1.29, 1.82) is 0 Å². The maximum Gasteiger partial charge on any atom is 0.114 e. The third-order valence-electron chi connectivity index (χ3n) is 2.47. The Morgan fingerprint density at radius 1 is 1.67 bits per heavy atom. The molecule has 2 heterocycles. The first-order valence-electron chi connectivity index (χ1n) is 5.22. The molecule has 0 amide bonds. The van der Waals surface area contributed by atoms with E-state index in [1.165, 1.54) is 11.5 Å². The zero-order valence-corrected chi connectivity index (χ0v) is 9.59. The van der Waals surface area contributed by atoms with Gasteiger partial charge in [-0.15, -0.1) is 5.10 Å². The van der Waals surface area contributed by atoms with Crippen LogP contribution in [0.25, 0.3) is 0 Å². The molecule has 0 fully saturated rings. The SMILES string of the molecule is CCc1nnsc1C(N)C1=CCCCO1. The molecule has 82 valence electrons. The Morgan fingerprint density at radius 3 is 3.20 bits per heavy atom. The summed E-state index contributed by atoms with van der Waals surface area (Å²) in [5, 5.41) is 4.06. The maximum atomic E-state index is 6.13. The Hall–Kier alpha value is -0.940. The van der Waals surface area contributed by atoms with Crippen molar-refractivity contribution in [2.45, 2.75) is 32.2 Å². The fraction of sp³-hybridized carbons (Fsp3) is 0.600. The van der Waals surface area contributed by atoms with Gasteiger partial charge in [0.05, 0.1) is 17.2 Å². The first-order chi connectivity index (χ1) is 7.33. The molecule has 1 aliphatic heterocycles. The molecule has 0 aromatic carbocycles. The summed E-state index contributed by atoms with van der Waals surface area (Å²) in [6, 6.07) is -0.180. The van der Waals surface area contributed by atoms with Crippen LogP contribution in [0.15, 0.2) is 11.8 Å². The van der Waals surface area contributed by atoms with Crippen molar-refractivity contribution >= 4 is 11.5 Å². The predicted octanol–water partition coefficient (Wildman–Crippen LogP) is 1.79. The van der Waals surface area contributed by atoms with Gasteiger partial charge >= 0.3 is 0 Å². The number of allylic oxidation sites excluding steroid dienone is 1. The number of rotatable bonds is 3. The molecule has 0 radical (unpaired) electrons. The fourth-order valence-electron chi connectivity index (χ4n) is 1.62. The number of nitrogens with zero attached hydrogens (tertiary/aromatic N) is 2. The molecule has 1 atom stereocenters. The fourth-order valence-corrected chi connectivity index (χ4v) is 2.37. The molecule has 5 heteroatoms. The molecular formula is C10H15N3OS. The molecule has 0 saturated carbocycles. The van der Waals surface area contributed by atoms with Crippen LogP contribution < -0.4 is 5.73 Å². The second-order valence-corrected chi connectivity index (χ2v) is 4.30. The first-order valence-corrected chi connectivity index (χ1v) is 5.99. The van der Waals surface area contributed by atoms with E-state index < -0.39 is 0 Å². The zero-order chi connectivity index (χ0) is 10.7. The average Bonchev–Trinajstić information content (AvgIpc) is 2.77. The van der Waals surface area contributed by atoms with Crippen LogP contribution in [0.1, 0.15) is 36.4 Å². The van der Waals surface area contributed by atoms with E-state index in [0.717, 1.165) is 42.2 Å². The minimum Gasteiger partial charge on any atom is -0.496 e. The molecule has 0 aliphatic carbocycles. The van der Waals surface area contributed by atoms with Gasteiger partial charge in [-0.1, -0.05) is 11.4 Å². The van der Waals surface area contributed by atoms with E-state index in [1.54, 1.807) is 0 Å². The van der Waals surface area contributed by atoms with Crippen LogP contribution in [0.3, 0.4) is 0 Å². The van der Waals surface area contributed by atoms with Crippen LogP contribution in [-0.4, -0.2) is 16.2 Å². The lowest BCUT2D eigenvalue weighted by Gasteiger charge is -2.19. The largest absolute Gasteiger partial charge is 0.496 e. The van der Waals surface area contributed by atoms with Crippen LogP contribution in [0, 0.1) is 0 Å². The van der Waals surface area contributed by atoms with Gasteiger partial charge in [0.2, 0.25) is 0 Å². The Morgan fingerprint density at radius 2 is 2.53 bits per heavy atom. The van der Waals surface area contributed by atoms with Crippen molar-refractivity contribution in [2.75, 3.05) is 6.61 Å². The molecule has 2 rings (SSSR count). The van der Waals surface area contributed by atoms with E-state index >= 15 is 0 Å². The summed E-state index contributed by atoms with van der Waals surface area (Å²) in [7, 11) is 0. The molecule has 15 heavy (non-hydrogen) atoms. The third-order valence-corrected chi connectivity index (χ3v) is 3.32. The highest BCUT2D eigenvalue weighted by molar-refractivity contribution is 7.05. The van der Waals surface area contributed by atoms with Crippen molar-refractivity contribution in [2.24, 2.45) is 5.73 Å². The lowest BCUT2D eigenvalue weighted by molar-refractivity contribution is 0.176. The number of ether oxygens (including phenoxy) is 1. The van der Waals surface area contributed by atoms with E-state index in [-0.39, 0.29) is 6.04 Å². The van der Waals surface area contributed by atoms with Gasteiger partial charge in [-0.2, -0.15) is 0 Å². The molecule has 0 saturated heterocycles. The van der Waals surface area contributed by atoms with E-state index in [0.29, 0.717) is 0 Å². The van der Waals surface area contributed by atoms with Gasteiger partial charge in [-0.3, -0.25) is 0 Å². The number of hydrogen-bond donors (Lipinski definition) is 1. The van der Waals surface area contributed by atoms with Crippen molar-refractivity contribution in [1.82, 2.24) is 9.59 Å². The minimum absolute atomic E-state index is 0.180. The van der Waals surface area contributed by atoms with Gasteiger partial charge in [0.1, 0.15) is 11.8 Å². The highest BCUT2D eigenvalue weighted by Crippen LogP contribution is 2.27. The third kappa shape index (κ3) is 2.18. The molecule has 1 aromatic heterocycles. The summed E-state index contributed by atoms with van der Waals surface area (Å²) in [6.45, 7) is 2.83.